The lowest BCUT2D eigenvalue weighted by atomic mass is 9.83. The van der Waals surface area contributed by atoms with Crippen molar-refractivity contribution in [2.75, 3.05) is 11.9 Å². The minimum Gasteiger partial charge on any atom is -0.493 e. The van der Waals surface area contributed by atoms with E-state index in [-0.39, 0.29) is 0 Å². The molecule has 2 nitrogen and oxygen atoms in total. The van der Waals surface area contributed by atoms with Gasteiger partial charge in [-0.05, 0) is 55.4 Å². The third-order valence-electron chi connectivity index (χ3n) is 4.60. The Kier molecular flexibility index (Phi) is 3.95. The highest BCUT2D eigenvalue weighted by molar-refractivity contribution is 5.53. The summed E-state index contributed by atoms with van der Waals surface area (Å²) in [5, 5.41) is 3.72. The Balaban J connectivity index is 1.55. The van der Waals surface area contributed by atoms with Gasteiger partial charge in [0.05, 0.1) is 6.61 Å². The largest absolute Gasteiger partial charge is 0.493 e. The number of fused-ring (bicyclic) bond motifs is 1. The number of ether oxygens (including phenoxy) is 1. The lowest BCUT2D eigenvalue weighted by molar-refractivity contribution is 0.319. The van der Waals surface area contributed by atoms with E-state index in [0.717, 1.165) is 24.7 Å². The fraction of sp³-hybridized carbons (Fsp3) is 0.647. The molecule has 2 aliphatic rings. The maximum absolute atomic E-state index is 5.56. The molecule has 0 radical (unpaired) electrons. The van der Waals surface area contributed by atoms with Crippen molar-refractivity contribution >= 4 is 5.69 Å². The maximum Gasteiger partial charge on any atom is 0.122 e. The molecule has 1 aliphatic heterocycles. The molecule has 3 rings (SSSR count). The number of anilines is 1. The van der Waals surface area contributed by atoms with E-state index in [2.05, 4.69) is 30.4 Å². The summed E-state index contributed by atoms with van der Waals surface area (Å²) in [6.45, 7) is 3.15. The number of nitrogens with one attached hydrogen (secondary N) is 1. The van der Waals surface area contributed by atoms with Crippen molar-refractivity contribution in [2.24, 2.45) is 5.92 Å². The highest BCUT2D eigenvalue weighted by Gasteiger charge is 2.21. The van der Waals surface area contributed by atoms with Gasteiger partial charge >= 0.3 is 0 Å². The summed E-state index contributed by atoms with van der Waals surface area (Å²) >= 11 is 0. The van der Waals surface area contributed by atoms with Crippen LogP contribution in [0, 0.1) is 5.92 Å². The van der Waals surface area contributed by atoms with Crippen molar-refractivity contribution in [3.63, 3.8) is 0 Å². The van der Waals surface area contributed by atoms with E-state index in [1.165, 1.54) is 49.8 Å². The SMILES string of the molecule is CCCC1CCC(Nc2ccc3c(c2)CCO3)CC1. The molecule has 1 saturated carbocycles. The van der Waals surface area contributed by atoms with Crippen LogP contribution < -0.4 is 10.1 Å². The van der Waals surface area contributed by atoms with Crippen LogP contribution in [0.1, 0.15) is 51.0 Å². The quantitative estimate of drug-likeness (QED) is 0.865. The Bertz CT molecular complexity index is 421. The summed E-state index contributed by atoms with van der Waals surface area (Å²) in [5.41, 5.74) is 2.65. The summed E-state index contributed by atoms with van der Waals surface area (Å²) in [6.07, 6.45) is 9.29. The second-order valence-corrected chi connectivity index (χ2v) is 6.07. The molecule has 19 heavy (non-hydrogen) atoms. The van der Waals surface area contributed by atoms with Gasteiger partial charge in [-0.3, -0.25) is 0 Å². The Morgan fingerprint density at radius 3 is 2.84 bits per heavy atom. The predicted molar refractivity (Wildman–Crippen MR) is 79.9 cm³/mol. The Hall–Kier alpha value is -1.18. The van der Waals surface area contributed by atoms with Gasteiger partial charge < -0.3 is 10.1 Å². The van der Waals surface area contributed by atoms with E-state index >= 15 is 0 Å². The zero-order valence-corrected chi connectivity index (χ0v) is 12.0. The zero-order chi connectivity index (χ0) is 13.1. The fourth-order valence-corrected chi connectivity index (χ4v) is 3.52. The summed E-state index contributed by atoms with van der Waals surface area (Å²) < 4.78 is 5.56. The zero-order valence-electron chi connectivity index (χ0n) is 12.0. The van der Waals surface area contributed by atoms with Gasteiger partial charge in [-0.15, -0.1) is 0 Å². The van der Waals surface area contributed by atoms with Gasteiger partial charge in [0.1, 0.15) is 5.75 Å². The molecular weight excluding hydrogens is 234 g/mol. The number of benzene rings is 1. The normalized spacial score (nSPS) is 25.7. The number of rotatable bonds is 4. The predicted octanol–water partition coefficient (Wildman–Crippen LogP) is 4.39. The molecule has 0 atom stereocenters. The molecule has 1 aliphatic carbocycles. The average Bonchev–Trinajstić information content (AvgIpc) is 2.89. The van der Waals surface area contributed by atoms with Crippen molar-refractivity contribution in [1.82, 2.24) is 0 Å². The van der Waals surface area contributed by atoms with Crippen LogP contribution >= 0.6 is 0 Å². The van der Waals surface area contributed by atoms with Crippen LogP contribution in [-0.4, -0.2) is 12.6 Å². The molecule has 1 N–H and O–H groups in total. The molecular formula is C17H25NO. The minimum absolute atomic E-state index is 0.675. The topological polar surface area (TPSA) is 21.3 Å². The smallest absolute Gasteiger partial charge is 0.122 e. The molecule has 1 aromatic carbocycles. The molecule has 0 bridgehead atoms. The van der Waals surface area contributed by atoms with Crippen LogP contribution in [-0.2, 0) is 6.42 Å². The number of hydrogen-bond acceptors (Lipinski definition) is 2. The second-order valence-electron chi connectivity index (χ2n) is 6.07. The summed E-state index contributed by atoms with van der Waals surface area (Å²) in [4.78, 5) is 0. The molecule has 0 amide bonds. The van der Waals surface area contributed by atoms with Crippen LogP contribution in [0.2, 0.25) is 0 Å². The summed E-state index contributed by atoms with van der Waals surface area (Å²) in [5.74, 6) is 2.06. The van der Waals surface area contributed by atoms with Gasteiger partial charge in [0, 0.05) is 18.2 Å². The van der Waals surface area contributed by atoms with Crippen molar-refractivity contribution in [1.29, 1.82) is 0 Å². The first-order valence-corrected chi connectivity index (χ1v) is 7.87. The van der Waals surface area contributed by atoms with Crippen LogP contribution in [0.15, 0.2) is 18.2 Å². The summed E-state index contributed by atoms with van der Waals surface area (Å²) in [6, 6.07) is 7.24. The Morgan fingerprint density at radius 2 is 2.05 bits per heavy atom. The van der Waals surface area contributed by atoms with E-state index in [1.54, 1.807) is 0 Å². The highest BCUT2D eigenvalue weighted by atomic mass is 16.5. The first-order chi connectivity index (χ1) is 9.35. The van der Waals surface area contributed by atoms with Crippen molar-refractivity contribution in [3.8, 4) is 5.75 Å². The third kappa shape index (κ3) is 3.05. The van der Waals surface area contributed by atoms with E-state index in [1.807, 2.05) is 0 Å². The van der Waals surface area contributed by atoms with Crippen LogP contribution in [0.25, 0.3) is 0 Å². The van der Waals surface area contributed by atoms with Gasteiger partial charge in [-0.25, -0.2) is 0 Å². The monoisotopic (exact) mass is 259 g/mol. The fourth-order valence-electron chi connectivity index (χ4n) is 3.52. The molecule has 0 saturated heterocycles. The lowest BCUT2D eigenvalue weighted by Crippen LogP contribution is -2.26. The highest BCUT2D eigenvalue weighted by Crippen LogP contribution is 2.32. The molecule has 2 heteroatoms. The van der Waals surface area contributed by atoms with Crippen molar-refractivity contribution in [3.05, 3.63) is 23.8 Å². The summed E-state index contributed by atoms with van der Waals surface area (Å²) in [7, 11) is 0. The Labute approximate surface area is 116 Å². The van der Waals surface area contributed by atoms with E-state index in [9.17, 15) is 0 Å². The van der Waals surface area contributed by atoms with Crippen molar-refractivity contribution in [2.45, 2.75) is 57.9 Å². The number of hydrogen-bond donors (Lipinski definition) is 1. The lowest BCUT2D eigenvalue weighted by Gasteiger charge is -2.29. The molecule has 0 unspecified atom stereocenters. The van der Waals surface area contributed by atoms with Gasteiger partial charge in [0.15, 0.2) is 0 Å². The Morgan fingerprint density at radius 1 is 1.21 bits per heavy atom. The third-order valence-corrected chi connectivity index (χ3v) is 4.60. The first kappa shape index (κ1) is 12.8. The van der Waals surface area contributed by atoms with E-state index in [0.29, 0.717) is 6.04 Å². The molecule has 1 fully saturated rings. The molecule has 1 aromatic rings. The van der Waals surface area contributed by atoms with Crippen molar-refractivity contribution < 1.29 is 4.74 Å². The molecule has 0 spiro atoms. The van der Waals surface area contributed by atoms with Gasteiger partial charge in [0.2, 0.25) is 0 Å². The molecule has 104 valence electrons. The van der Waals surface area contributed by atoms with Gasteiger partial charge in [0.25, 0.3) is 0 Å². The molecule has 0 aromatic heterocycles. The first-order valence-electron chi connectivity index (χ1n) is 7.87. The second kappa shape index (κ2) is 5.85. The van der Waals surface area contributed by atoms with Crippen LogP contribution in [0.5, 0.6) is 5.75 Å². The average molecular weight is 259 g/mol. The van der Waals surface area contributed by atoms with Crippen LogP contribution in [0.4, 0.5) is 5.69 Å². The van der Waals surface area contributed by atoms with E-state index in [4.69, 9.17) is 4.74 Å². The van der Waals surface area contributed by atoms with Gasteiger partial charge in [-0.2, -0.15) is 0 Å². The minimum atomic E-state index is 0.675. The molecule has 1 heterocycles. The maximum atomic E-state index is 5.56. The van der Waals surface area contributed by atoms with Crippen LogP contribution in [0.3, 0.4) is 0 Å². The standard InChI is InChI=1S/C17H25NO/c1-2-3-13-4-6-15(7-5-13)18-16-8-9-17-14(12-16)10-11-19-17/h8-9,12-13,15,18H,2-7,10-11H2,1H3. The van der Waals surface area contributed by atoms with E-state index < -0.39 is 0 Å². The van der Waals surface area contributed by atoms with Gasteiger partial charge in [-0.1, -0.05) is 19.8 Å².